The molecule has 0 amide bonds. The Labute approximate surface area is 342 Å². The Balaban J connectivity index is 0.000000368. The molecule has 0 heterocycles. The third-order valence-corrected chi connectivity index (χ3v) is 11.9. The summed E-state index contributed by atoms with van der Waals surface area (Å²) in [6.07, 6.45) is 0. The molecule has 0 nitrogen and oxygen atoms in total. The molecule has 6 heteroatoms. The summed E-state index contributed by atoms with van der Waals surface area (Å²) in [6, 6.07) is 80.5. The summed E-state index contributed by atoms with van der Waals surface area (Å²) in [5, 5.41) is 8.47. The van der Waals surface area contributed by atoms with Crippen LogP contribution < -0.4 is 31.8 Å². The molecule has 0 spiro atoms. The van der Waals surface area contributed by atoms with Crippen LogP contribution in [0, 0.1) is 0 Å². The predicted molar refractivity (Wildman–Crippen MR) is 213 cm³/mol. The van der Waals surface area contributed by atoms with Crippen molar-refractivity contribution >= 4 is 60.1 Å². The first-order valence-corrected chi connectivity index (χ1v) is 18.2. The Hall–Kier alpha value is -2.87. The summed E-state index contributed by atoms with van der Waals surface area (Å²) in [4.78, 5) is 0. The van der Waals surface area contributed by atoms with Gasteiger partial charge in [0.1, 0.15) is 0 Å². The minimum absolute atomic E-state index is 0. The summed E-state index contributed by atoms with van der Waals surface area (Å²) >= 11 is 0. The largest absolute Gasteiger partial charge is 2.00 e. The van der Waals surface area contributed by atoms with Gasteiger partial charge in [0.15, 0.2) is 0 Å². The molecule has 0 saturated carbocycles. The summed E-state index contributed by atoms with van der Waals surface area (Å²) in [7, 11) is -0.818. The van der Waals surface area contributed by atoms with Crippen molar-refractivity contribution in [3.05, 3.63) is 231 Å². The van der Waals surface area contributed by atoms with Gasteiger partial charge in [0.25, 0.3) is 0 Å². The number of rotatable bonds is 6. The fourth-order valence-electron chi connectivity index (χ4n) is 4.87. The van der Waals surface area contributed by atoms with E-state index in [2.05, 4.69) is 170 Å². The van der Waals surface area contributed by atoms with E-state index in [9.17, 15) is 0 Å². The Bertz CT molecular complexity index is 1560. The maximum absolute atomic E-state index is 2.23. The van der Waals surface area contributed by atoms with E-state index in [0.717, 1.165) is 0 Å². The van der Waals surface area contributed by atoms with Gasteiger partial charge in [-0.15, -0.1) is 17.7 Å². The van der Waals surface area contributed by atoms with Crippen molar-refractivity contribution in [3.63, 3.8) is 0 Å². The average molecular weight is 883 g/mol. The zero-order valence-electron chi connectivity index (χ0n) is 27.3. The standard InChI is InChI=1S/2C17H14P.2C5H5.ClH.2Fe.Pd/c2*1-3-9-15(10-4-1)18(17-13-7-8-14-17)16-11-5-2-6-12-16;2*1-2-4-5-3-1;;;;/h2*1-14H;2*1-5H;1H;;;/q-5;3*-1;;;;+2. The maximum atomic E-state index is 2.23. The zero-order valence-corrected chi connectivity index (χ0v) is 33.6. The molecule has 0 saturated heterocycles. The molecule has 50 heavy (non-hydrogen) atoms. The first-order valence-electron chi connectivity index (χ1n) is 15.5. The molecule has 0 N–H and O–H groups in total. The van der Waals surface area contributed by atoms with Crippen LogP contribution in [0.5, 0.6) is 0 Å². The fraction of sp³-hybridized carbons (Fsp3) is 0. The van der Waals surface area contributed by atoms with Crippen LogP contribution in [0.3, 0.4) is 0 Å². The van der Waals surface area contributed by atoms with Crippen LogP contribution >= 0.6 is 28.3 Å². The van der Waals surface area contributed by atoms with Gasteiger partial charge in [0, 0.05) is 34.1 Å². The maximum Gasteiger partial charge on any atom is 2.00 e. The van der Waals surface area contributed by atoms with Gasteiger partial charge in [-0.2, -0.15) is 48.5 Å². The van der Waals surface area contributed by atoms with E-state index in [0.29, 0.717) is 0 Å². The van der Waals surface area contributed by atoms with Crippen molar-refractivity contribution in [1.82, 2.24) is 0 Å². The molecule has 264 valence electrons. The monoisotopic (exact) mass is 882 g/mol. The third-order valence-electron chi connectivity index (χ3n) is 6.98. The molecule has 8 aromatic rings. The van der Waals surface area contributed by atoms with Crippen LogP contribution in [0.15, 0.2) is 231 Å². The van der Waals surface area contributed by atoms with E-state index >= 15 is 0 Å². The Kier molecular flexibility index (Phi) is 24.3. The smallest absolute Gasteiger partial charge is 0.747 e. The quantitative estimate of drug-likeness (QED) is 0.0888. The minimum atomic E-state index is -0.409. The van der Waals surface area contributed by atoms with Gasteiger partial charge in [-0.1, -0.05) is 140 Å². The minimum Gasteiger partial charge on any atom is -0.747 e. The van der Waals surface area contributed by atoms with Gasteiger partial charge in [0.2, 0.25) is 0 Å². The molecular formula is C44H39ClFe2P2Pd-6. The van der Waals surface area contributed by atoms with Gasteiger partial charge < -0.3 is 29.6 Å². The molecule has 0 aromatic heterocycles. The van der Waals surface area contributed by atoms with Crippen LogP contribution in [0.1, 0.15) is 0 Å². The molecule has 0 radical (unpaired) electrons. The first-order chi connectivity index (χ1) is 22.9. The van der Waals surface area contributed by atoms with Crippen LogP contribution in [-0.4, -0.2) is 0 Å². The molecule has 8 aromatic carbocycles. The normalized spacial score (nSPS) is 9.32. The third kappa shape index (κ3) is 14.8. The van der Waals surface area contributed by atoms with Crippen LogP contribution in [0.25, 0.3) is 0 Å². The van der Waals surface area contributed by atoms with Crippen LogP contribution in [0.2, 0.25) is 0 Å². The van der Waals surface area contributed by atoms with Crippen molar-refractivity contribution < 1.29 is 54.6 Å². The summed E-state index contributed by atoms with van der Waals surface area (Å²) in [6.45, 7) is 0. The number of hydrogen-bond acceptors (Lipinski definition) is 0. The van der Waals surface area contributed by atoms with Crippen molar-refractivity contribution in [3.8, 4) is 0 Å². The van der Waals surface area contributed by atoms with E-state index in [1.807, 2.05) is 60.7 Å². The van der Waals surface area contributed by atoms with Gasteiger partial charge >= 0.3 is 20.4 Å². The van der Waals surface area contributed by atoms with E-state index < -0.39 is 15.8 Å². The summed E-state index contributed by atoms with van der Waals surface area (Å²) in [5.74, 6) is 0. The first kappa shape index (κ1) is 45.2. The molecule has 0 atom stereocenters. The topological polar surface area (TPSA) is 0 Å². The molecule has 0 bridgehead atoms. The zero-order chi connectivity index (χ0) is 31.5. The van der Waals surface area contributed by atoms with Crippen LogP contribution in [-0.2, 0) is 54.6 Å². The number of halogens is 1. The Morgan fingerprint density at radius 3 is 0.960 bits per heavy atom. The van der Waals surface area contributed by atoms with E-state index in [1.54, 1.807) is 0 Å². The second-order valence-electron chi connectivity index (χ2n) is 10.2. The van der Waals surface area contributed by atoms with Gasteiger partial charge in [0.05, 0.1) is 0 Å². The molecule has 0 aliphatic heterocycles. The van der Waals surface area contributed by atoms with Crippen LogP contribution in [0.4, 0.5) is 0 Å². The molecule has 0 fully saturated rings. The van der Waals surface area contributed by atoms with Crippen molar-refractivity contribution in [2.24, 2.45) is 0 Å². The van der Waals surface area contributed by atoms with Gasteiger partial charge in [-0.25, -0.2) is 44.3 Å². The second kappa shape index (κ2) is 26.9. The Morgan fingerprint density at radius 2 is 0.680 bits per heavy atom. The molecule has 0 aliphatic rings. The van der Waals surface area contributed by atoms with Crippen molar-refractivity contribution in [2.45, 2.75) is 0 Å². The van der Waals surface area contributed by atoms with Crippen molar-refractivity contribution in [1.29, 1.82) is 0 Å². The fourth-order valence-corrected chi connectivity index (χ4v) is 9.48. The predicted octanol–water partition coefficient (Wildman–Crippen LogP) is 9.55. The second-order valence-corrected chi connectivity index (χ2v) is 14.7. The SMILES string of the molecule is Cl.[Fe].[Fe].[Pd+2].c1cc[cH-]c1.c1cc[cH-]c1.c1ccc(P(c2ccccc2)[c-]2[cH-][cH-][cH-][cH-]2)cc1.c1ccc(P(c2ccccc2)[c-]2cccc2)cc1. The summed E-state index contributed by atoms with van der Waals surface area (Å²) < 4.78 is 0. The molecule has 0 unspecified atom stereocenters. The average Bonchev–Trinajstić information content (AvgIpc) is 3.98. The van der Waals surface area contributed by atoms with E-state index in [-0.39, 0.29) is 67.0 Å². The summed E-state index contributed by atoms with van der Waals surface area (Å²) in [5.41, 5.74) is 0. The molecule has 8 rings (SSSR count). The van der Waals surface area contributed by atoms with E-state index in [1.165, 1.54) is 31.8 Å². The molecule has 0 aliphatic carbocycles. The molecular weight excluding hydrogens is 844 g/mol. The Morgan fingerprint density at radius 1 is 0.380 bits per heavy atom. The van der Waals surface area contributed by atoms with Gasteiger partial charge in [-0.05, 0) is 10.6 Å². The number of benzene rings is 4. The van der Waals surface area contributed by atoms with E-state index in [4.69, 9.17) is 0 Å². The van der Waals surface area contributed by atoms with Crippen molar-refractivity contribution in [2.75, 3.05) is 0 Å². The van der Waals surface area contributed by atoms with Gasteiger partial charge in [-0.3, -0.25) is 0 Å². The number of hydrogen-bond donors (Lipinski definition) is 0.